The summed E-state index contributed by atoms with van der Waals surface area (Å²) in [5.41, 5.74) is 1.81. The summed E-state index contributed by atoms with van der Waals surface area (Å²) in [6.45, 7) is 8.40. The van der Waals surface area contributed by atoms with E-state index in [-0.39, 0.29) is 23.8 Å². The standard InChI is InChI=1S/C18H27N3O4/c1-4-24-8-7-17(22)20-9-14-5-6-15(10-20)21(18(14)23)11-16-12(2)19-25-13(16)3/h14-15H,4-11H2,1-3H3/t14-,15+/m0/s1. The number of amides is 2. The van der Waals surface area contributed by atoms with Gasteiger partial charge in [0.15, 0.2) is 0 Å². The Morgan fingerprint density at radius 2 is 2.12 bits per heavy atom. The highest BCUT2D eigenvalue weighted by molar-refractivity contribution is 5.83. The van der Waals surface area contributed by atoms with Crippen LogP contribution in [0, 0.1) is 19.8 Å². The molecule has 4 heterocycles. The van der Waals surface area contributed by atoms with Gasteiger partial charge in [-0.1, -0.05) is 5.16 Å². The Labute approximate surface area is 148 Å². The summed E-state index contributed by atoms with van der Waals surface area (Å²) < 4.78 is 10.5. The van der Waals surface area contributed by atoms with E-state index in [1.54, 1.807) is 0 Å². The summed E-state index contributed by atoms with van der Waals surface area (Å²) in [5, 5.41) is 3.99. The average molecular weight is 349 g/mol. The van der Waals surface area contributed by atoms with Crippen LogP contribution in [-0.4, -0.2) is 59.1 Å². The molecule has 1 aromatic heterocycles. The van der Waals surface area contributed by atoms with E-state index >= 15 is 0 Å². The zero-order valence-electron chi connectivity index (χ0n) is 15.3. The molecule has 7 heteroatoms. The van der Waals surface area contributed by atoms with E-state index in [0.29, 0.717) is 39.3 Å². The Bertz CT molecular complexity index is 623. The normalized spacial score (nSPS) is 23.2. The monoisotopic (exact) mass is 349 g/mol. The molecule has 0 unspecified atom stereocenters. The van der Waals surface area contributed by atoms with Gasteiger partial charge in [-0.2, -0.15) is 0 Å². The van der Waals surface area contributed by atoms with E-state index in [1.165, 1.54) is 0 Å². The minimum absolute atomic E-state index is 0.0657. The van der Waals surface area contributed by atoms with Gasteiger partial charge in [0.05, 0.1) is 31.2 Å². The highest BCUT2D eigenvalue weighted by Gasteiger charge is 2.42. The van der Waals surface area contributed by atoms with Crippen molar-refractivity contribution in [1.82, 2.24) is 15.0 Å². The van der Waals surface area contributed by atoms with Gasteiger partial charge >= 0.3 is 0 Å². The maximum atomic E-state index is 12.9. The van der Waals surface area contributed by atoms with Crippen molar-refractivity contribution in [1.29, 1.82) is 0 Å². The molecule has 3 saturated heterocycles. The highest BCUT2D eigenvalue weighted by atomic mass is 16.5. The summed E-state index contributed by atoms with van der Waals surface area (Å²) in [5.74, 6) is 0.888. The average Bonchev–Trinajstić information content (AvgIpc) is 2.78. The molecule has 2 amide bonds. The first-order valence-corrected chi connectivity index (χ1v) is 9.09. The van der Waals surface area contributed by atoms with E-state index in [2.05, 4.69) is 5.16 Å². The number of carbonyl (C=O) groups excluding carboxylic acids is 2. The van der Waals surface area contributed by atoms with Crippen LogP contribution in [0.15, 0.2) is 4.52 Å². The summed E-state index contributed by atoms with van der Waals surface area (Å²) in [6.07, 6.45) is 2.18. The molecule has 0 N–H and O–H groups in total. The third-order valence-corrected chi connectivity index (χ3v) is 5.32. The fraction of sp³-hybridized carbons (Fsp3) is 0.722. The minimum Gasteiger partial charge on any atom is -0.381 e. The zero-order chi connectivity index (χ0) is 18.0. The van der Waals surface area contributed by atoms with Crippen LogP contribution in [0.4, 0.5) is 0 Å². The van der Waals surface area contributed by atoms with Crippen LogP contribution in [0.1, 0.15) is 43.2 Å². The van der Waals surface area contributed by atoms with Gasteiger partial charge in [-0.3, -0.25) is 9.59 Å². The number of carbonyl (C=O) groups is 2. The third kappa shape index (κ3) is 3.71. The first kappa shape index (κ1) is 17.9. The molecular weight excluding hydrogens is 322 g/mol. The maximum Gasteiger partial charge on any atom is 0.228 e. The summed E-state index contributed by atoms with van der Waals surface area (Å²) >= 11 is 0. The molecule has 3 fully saturated rings. The van der Waals surface area contributed by atoms with Gasteiger partial charge in [0.2, 0.25) is 11.8 Å². The van der Waals surface area contributed by atoms with E-state index in [1.807, 2.05) is 30.6 Å². The Balaban J connectivity index is 1.71. The van der Waals surface area contributed by atoms with Gasteiger partial charge in [0.1, 0.15) is 5.76 Å². The Hall–Kier alpha value is -1.89. The van der Waals surface area contributed by atoms with Crippen molar-refractivity contribution in [3.63, 3.8) is 0 Å². The summed E-state index contributed by atoms with van der Waals surface area (Å²) in [4.78, 5) is 29.2. The molecule has 25 heavy (non-hydrogen) atoms. The largest absolute Gasteiger partial charge is 0.381 e. The van der Waals surface area contributed by atoms with Crippen LogP contribution >= 0.6 is 0 Å². The van der Waals surface area contributed by atoms with Crippen molar-refractivity contribution < 1.29 is 18.8 Å². The molecule has 4 rings (SSSR count). The molecule has 2 atom stereocenters. The number of hydrogen-bond acceptors (Lipinski definition) is 5. The topological polar surface area (TPSA) is 75.9 Å². The second-order valence-corrected chi connectivity index (χ2v) is 6.94. The first-order valence-electron chi connectivity index (χ1n) is 9.09. The van der Waals surface area contributed by atoms with E-state index in [0.717, 1.165) is 29.9 Å². The van der Waals surface area contributed by atoms with Crippen molar-refractivity contribution >= 4 is 11.8 Å². The lowest BCUT2D eigenvalue weighted by Crippen LogP contribution is -2.47. The lowest BCUT2D eigenvalue weighted by molar-refractivity contribution is -0.140. The van der Waals surface area contributed by atoms with Gasteiger partial charge in [0, 0.05) is 31.3 Å². The van der Waals surface area contributed by atoms with Crippen LogP contribution in [0.3, 0.4) is 0 Å². The van der Waals surface area contributed by atoms with Crippen molar-refractivity contribution in [2.45, 2.75) is 52.6 Å². The van der Waals surface area contributed by atoms with Crippen LogP contribution in [0.5, 0.6) is 0 Å². The Kier molecular flexibility index (Phi) is 5.42. The molecule has 0 spiro atoms. The number of piperidine rings is 1. The highest BCUT2D eigenvalue weighted by Crippen LogP contribution is 2.31. The number of hydrogen-bond donors (Lipinski definition) is 0. The summed E-state index contributed by atoms with van der Waals surface area (Å²) in [7, 11) is 0. The molecule has 7 nitrogen and oxygen atoms in total. The lowest BCUT2D eigenvalue weighted by atomic mass is 9.93. The Morgan fingerprint density at radius 1 is 1.32 bits per heavy atom. The second-order valence-electron chi connectivity index (χ2n) is 6.94. The third-order valence-electron chi connectivity index (χ3n) is 5.32. The predicted octanol–water partition coefficient (Wildman–Crippen LogP) is 1.67. The quantitative estimate of drug-likeness (QED) is 0.730. The number of rotatable bonds is 6. The van der Waals surface area contributed by atoms with Gasteiger partial charge < -0.3 is 19.1 Å². The molecule has 0 saturated carbocycles. The minimum atomic E-state index is -0.102. The lowest BCUT2D eigenvalue weighted by Gasteiger charge is -2.35. The van der Waals surface area contributed by atoms with E-state index in [4.69, 9.17) is 9.26 Å². The van der Waals surface area contributed by atoms with Gasteiger partial charge in [-0.15, -0.1) is 0 Å². The number of aryl methyl sites for hydroxylation is 2. The maximum absolute atomic E-state index is 12.9. The van der Waals surface area contributed by atoms with Crippen LogP contribution in [-0.2, 0) is 20.9 Å². The Morgan fingerprint density at radius 3 is 2.80 bits per heavy atom. The molecule has 138 valence electrons. The SMILES string of the molecule is CCOCCC(=O)N1C[C@@H]2CC[C@H](C1)N(Cc1c(C)noc1C)C2=O. The summed E-state index contributed by atoms with van der Waals surface area (Å²) in [6, 6.07) is 0.0657. The van der Waals surface area contributed by atoms with E-state index < -0.39 is 0 Å². The molecule has 0 radical (unpaired) electrons. The van der Waals surface area contributed by atoms with Crippen LogP contribution in [0.25, 0.3) is 0 Å². The zero-order valence-corrected chi connectivity index (χ0v) is 15.3. The molecule has 1 aromatic rings. The smallest absolute Gasteiger partial charge is 0.228 e. The van der Waals surface area contributed by atoms with Crippen LogP contribution in [0.2, 0.25) is 0 Å². The van der Waals surface area contributed by atoms with Gasteiger partial charge in [-0.25, -0.2) is 0 Å². The van der Waals surface area contributed by atoms with Gasteiger partial charge in [0.25, 0.3) is 0 Å². The molecule has 0 aromatic carbocycles. The van der Waals surface area contributed by atoms with Crippen molar-refractivity contribution in [3.8, 4) is 0 Å². The molecular formula is C18H27N3O4. The molecule has 3 aliphatic heterocycles. The molecule has 2 bridgehead atoms. The van der Waals surface area contributed by atoms with Crippen molar-refractivity contribution in [2.75, 3.05) is 26.3 Å². The fourth-order valence-electron chi connectivity index (χ4n) is 3.81. The number of ether oxygens (including phenoxy) is 1. The number of nitrogens with zero attached hydrogens (tertiary/aromatic N) is 3. The van der Waals surface area contributed by atoms with Gasteiger partial charge in [-0.05, 0) is 33.6 Å². The van der Waals surface area contributed by atoms with Crippen molar-refractivity contribution in [3.05, 3.63) is 17.0 Å². The number of fused-ring (bicyclic) bond motifs is 4. The van der Waals surface area contributed by atoms with Crippen molar-refractivity contribution in [2.24, 2.45) is 5.92 Å². The van der Waals surface area contributed by atoms with E-state index in [9.17, 15) is 9.59 Å². The molecule has 3 aliphatic rings. The first-order chi connectivity index (χ1) is 12.0. The second kappa shape index (κ2) is 7.56. The molecule has 0 aliphatic carbocycles. The van der Waals surface area contributed by atoms with Crippen LogP contribution < -0.4 is 0 Å². The number of aromatic nitrogens is 1. The fourth-order valence-corrected chi connectivity index (χ4v) is 3.81. The predicted molar refractivity (Wildman–Crippen MR) is 90.7 cm³/mol.